The maximum atomic E-state index is 12.1. The van der Waals surface area contributed by atoms with E-state index in [4.69, 9.17) is 0 Å². The van der Waals surface area contributed by atoms with E-state index in [2.05, 4.69) is 10.6 Å². The van der Waals surface area contributed by atoms with Gasteiger partial charge in [0.15, 0.2) is 0 Å². The number of anilines is 1. The van der Waals surface area contributed by atoms with Crippen molar-refractivity contribution in [2.24, 2.45) is 11.8 Å². The number of hydrogen-bond acceptors (Lipinski definition) is 2. The number of para-hydroxylation sites is 1. The maximum absolute atomic E-state index is 12.1. The third kappa shape index (κ3) is 6.20. The van der Waals surface area contributed by atoms with E-state index in [0.717, 1.165) is 0 Å². The van der Waals surface area contributed by atoms with Crippen LogP contribution in [-0.4, -0.2) is 24.8 Å². The summed E-state index contributed by atoms with van der Waals surface area (Å²) < 4.78 is 24.2. The molecule has 0 spiro atoms. The van der Waals surface area contributed by atoms with Crippen molar-refractivity contribution in [1.29, 1.82) is 0 Å². The van der Waals surface area contributed by atoms with Gasteiger partial charge in [0, 0.05) is 17.5 Å². The van der Waals surface area contributed by atoms with E-state index < -0.39 is 24.8 Å². The molecule has 0 saturated heterocycles. The molecule has 0 aliphatic carbocycles. The first-order chi connectivity index (χ1) is 10.4. The number of hydrogen-bond donors (Lipinski definition) is 2. The van der Waals surface area contributed by atoms with Gasteiger partial charge < -0.3 is 10.6 Å². The molecule has 2 amide bonds. The molecule has 22 heavy (non-hydrogen) atoms. The number of carbonyl (C=O) groups excluding carboxylic acids is 2. The Morgan fingerprint density at radius 3 is 2.32 bits per heavy atom. The van der Waals surface area contributed by atoms with Crippen molar-refractivity contribution in [2.45, 2.75) is 33.1 Å². The van der Waals surface area contributed by atoms with Gasteiger partial charge in [-0.05, 0) is 25.0 Å². The van der Waals surface area contributed by atoms with Crippen LogP contribution in [0, 0.1) is 11.8 Å². The third-order valence-corrected chi connectivity index (χ3v) is 3.42. The van der Waals surface area contributed by atoms with Crippen LogP contribution in [0.5, 0.6) is 0 Å². The van der Waals surface area contributed by atoms with Gasteiger partial charge in [-0.2, -0.15) is 0 Å². The predicted octanol–water partition coefficient (Wildman–Crippen LogP) is 3.06. The number of nitrogens with one attached hydrogen (secondary N) is 2. The van der Waals surface area contributed by atoms with Crippen LogP contribution in [0.1, 0.15) is 26.7 Å². The van der Waals surface area contributed by atoms with E-state index in [1.807, 2.05) is 18.2 Å². The van der Waals surface area contributed by atoms with Gasteiger partial charge in [0.25, 0.3) is 6.43 Å². The lowest BCUT2D eigenvalue weighted by atomic mass is 9.92. The molecule has 0 aromatic heterocycles. The topological polar surface area (TPSA) is 58.2 Å². The second-order valence-corrected chi connectivity index (χ2v) is 5.23. The van der Waals surface area contributed by atoms with Crippen molar-refractivity contribution in [3.63, 3.8) is 0 Å². The molecule has 1 aromatic carbocycles. The van der Waals surface area contributed by atoms with Crippen LogP contribution in [0.15, 0.2) is 30.3 Å². The fourth-order valence-electron chi connectivity index (χ4n) is 2.10. The molecule has 1 aromatic rings. The van der Waals surface area contributed by atoms with Crippen molar-refractivity contribution < 1.29 is 18.4 Å². The minimum atomic E-state index is -2.57. The monoisotopic (exact) mass is 312 g/mol. The highest BCUT2D eigenvalue weighted by Crippen LogP contribution is 2.18. The van der Waals surface area contributed by atoms with E-state index in [1.165, 1.54) is 0 Å². The Bertz CT molecular complexity index is 480. The van der Waals surface area contributed by atoms with Gasteiger partial charge in [0.1, 0.15) is 0 Å². The van der Waals surface area contributed by atoms with E-state index in [-0.39, 0.29) is 11.8 Å². The normalized spacial score (nSPS) is 13.5. The first-order valence-electron chi connectivity index (χ1n) is 7.35. The lowest BCUT2D eigenvalue weighted by molar-refractivity contribution is -0.127. The molecule has 0 saturated carbocycles. The molecule has 2 unspecified atom stereocenters. The Kier molecular flexibility index (Phi) is 7.49. The number of amides is 2. The molecule has 0 bridgehead atoms. The fourth-order valence-corrected chi connectivity index (χ4v) is 2.10. The van der Waals surface area contributed by atoms with E-state index >= 15 is 0 Å². The van der Waals surface area contributed by atoms with Gasteiger partial charge in [-0.25, -0.2) is 8.78 Å². The quantitative estimate of drug-likeness (QED) is 0.775. The first-order valence-corrected chi connectivity index (χ1v) is 7.35. The van der Waals surface area contributed by atoms with Gasteiger partial charge in [-0.15, -0.1) is 0 Å². The number of rotatable bonds is 8. The summed E-state index contributed by atoms with van der Waals surface area (Å²) in [6.07, 6.45) is -1.75. The molecular formula is C16H22F2N2O2. The molecule has 122 valence electrons. The lowest BCUT2D eigenvalue weighted by Gasteiger charge is -2.19. The summed E-state index contributed by atoms with van der Waals surface area (Å²) in [5, 5.41) is 4.98. The summed E-state index contributed by atoms with van der Waals surface area (Å²) in [4.78, 5) is 23.9. The molecule has 6 heteroatoms. The van der Waals surface area contributed by atoms with Crippen LogP contribution >= 0.6 is 0 Å². The SMILES string of the molecule is CCC(CC(C)C(=O)Nc1ccccc1)C(=O)NCC(F)F. The summed E-state index contributed by atoms with van der Waals surface area (Å²) in [6, 6.07) is 9.02. The molecule has 0 radical (unpaired) electrons. The van der Waals surface area contributed by atoms with Gasteiger partial charge in [-0.3, -0.25) is 9.59 Å². The number of halogens is 2. The fraction of sp³-hybridized carbons (Fsp3) is 0.500. The zero-order chi connectivity index (χ0) is 16.5. The van der Waals surface area contributed by atoms with Crippen LogP contribution in [0.4, 0.5) is 14.5 Å². The summed E-state index contributed by atoms with van der Waals surface area (Å²) in [7, 11) is 0. The minimum absolute atomic E-state index is 0.189. The number of benzene rings is 1. The summed E-state index contributed by atoms with van der Waals surface area (Å²) in [5.74, 6) is -1.45. The Morgan fingerprint density at radius 2 is 1.77 bits per heavy atom. The predicted molar refractivity (Wildman–Crippen MR) is 81.6 cm³/mol. The van der Waals surface area contributed by atoms with Crippen LogP contribution in [-0.2, 0) is 9.59 Å². The van der Waals surface area contributed by atoms with Crippen molar-refractivity contribution in [2.75, 3.05) is 11.9 Å². The molecule has 0 fully saturated rings. The first kappa shape index (κ1) is 18.1. The van der Waals surface area contributed by atoms with Crippen LogP contribution in [0.25, 0.3) is 0 Å². The molecule has 2 N–H and O–H groups in total. The minimum Gasteiger partial charge on any atom is -0.350 e. The largest absolute Gasteiger partial charge is 0.350 e. The van der Waals surface area contributed by atoms with Gasteiger partial charge in [-0.1, -0.05) is 32.0 Å². The summed E-state index contributed by atoms with van der Waals surface area (Å²) >= 11 is 0. The van der Waals surface area contributed by atoms with E-state index in [9.17, 15) is 18.4 Å². The highest BCUT2D eigenvalue weighted by atomic mass is 19.3. The Hall–Kier alpha value is -1.98. The zero-order valence-electron chi connectivity index (χ0n) is 12.8. The molecule has 4 nitrogen and oxygen atoms in total. The molecule has 0 aliphatic heterocycles. The van der Waals surface area contributed by atoms with Crippen LogP contribution < -0.4 is 10.6 Å². The standard InChI is InChI=1S/C16H22F2N2O2/c1-3-12(16(22)19-10-14(17)18)9-11(2)15(21)20-13-7-5-4-6-8-13/h4-8,11-12,14H,3,9-10H2,1-2H3,(H,19,22)(H,20,21). The van der Waals surface area contributed by atoms with E-state index in [0.29, 0.717) is 18.5 Å². The Balaban J connectivity index is 2.51. The maximum Gasteiger partial charge on any atom is 0.255 e. The highest BCUT2D eigenvalue weighted by Gasteiger charge is 2.23. The smallest absolute Gasteiger partial charge is 0.255 e. The van der Waals surface area contributed by atoms with Crippen molar-refractivity contribution >= 4 is 17.5 Å². The van der Waals surface area contributed by atoms with Crippen LogP contribution in [0.3, 0.4) is 0 Å². The van der Waals surface area contributed by atoms with Crippen molar-refractivity contribution in [3.05, 3.63) is 30.3 Å². The zero-order valence-corrected chi connectivity index (χ0v) is 12.8. The summed E-state index contributed by atoms with van der Waals surface area (Å²) in [5.41, 5.74) is 0.689. The third-order valence-electron chi connectivity index (χ3n) is 3.42. The molecule has 0 heterocycles. The molecule has 2 atom stereocenters. The second-order valence-electron chi connectivity index (χ2n) is 5.23. The number of alkyl halides is 2. The van der Waals surface area contributed by atoms with Crippen LogP contribution in [0.2, 0.25) is 0 Å². The van der Waals surface area contributed by atoms with Gasteiger partial charge >= 0.3 is 0 Å². The van der Waals surface area contributed by atoms with Crippen molar-refractivity contribution in [1.82, 2.24) is 5.32 Å². The second kappa shape index (κ2) is 9.12. The van der Waals surface area contributed by atoms with Gasteiger partial charge in [0.05, 0.1) is 6.54 Å². The highest BCUT2D eigenvalue weighted by molar-refractivity contribution is 5.92. The average Bonchev–Trinajstić information content (AvgIpc) is 2.50. The Labute approximate surface area is 129 Å². The molecular weight excluding hydrogens is 290 g/mol. The van der Waals surface area contributed by atoms with E-state index in [1.54, 1.807) is 26.0 Å². The van der Waals surface area contributed by atoms with Crippen molar-refractivity contribution in [3.8, 4) is 0 Å². The number of carbonyl (C=O) groups is 2. The molecule has 1 rings (SSSR count). The lowest BCUT2D eigenvalue weighted by Crippen LogP contribution is -2.35. The average molecular weight is 312 g/mol. The Morgan fingerprint density at radius 1 is 1.14 bits per heavy atom. The molecule has 0 aliphatic rings. The summed E-state index contributed by atoms with van der Waals surface area (Å²) in [6.45, 7) is 2.87. The van der Waals surface area contributed by atoms with Gasteiger partial charge in [0.2, 0.25) is 11.8 Å².